The van der Waals surface area contributed by atoms with Crippen LogP contribution in [0.2, 0.25) is 0 Å². The molecule has 0 spiro atoms. The Morgan fingerprint density at radius 3 is 2.50 bits per heavy atom. The van der Waals surface area contributed by atoms with Gasteiger partial charge in [0.05, 0.1) is 11.3 Å². The van der Waals surface area contributed by atoms with Gasteiger partial charge in [0.1, 0.15) is 11.6 Å². The highest BCUT2D eigenvalue weighted by Gasteiger charge is 2.11. The van der Waals surface area contributed by atoms with E-state index in [0.29, 0.717) is 5.95 Å². The molecule has 0 saturated carbocycles. The zero-order valence-corrected chi connectivity index (χ0v) is 14.5. The lowest BCUT2D eigenvalue weighted by Gasteiger charge is -2.11. The zero-order chi connectivity index (χ0) is 17.1. The molecule has 0 N–H and O–H groups in total. The smallest absolute Gasteiger partial charge is 0.224 e. The average molecular weight is 326 g/mol. The number of rotatable bonds is 6. The fourth-order valence-corrected chi connectivity index (χ4v) is 2.70. The fraction of sp³-hybridized carbons (Fsp3) is 0.412. The Labute approximate surface area is 141 Å². The van der Waals surface area contributed by atoms with Gasteiger partial charge in [-0.05, 0) is 26.7 Å². The molecule has 3 aromatic rings. The SMILES string of the molecule is Cc1noc(C)c1CCCn1ccnc1-c1cnc(N(C)C)nc1. The molecule has 3 aromatic heterocycles. The van der Waals surface area contributed by atoms with Crippen molar-refractivity contribution in [2.45, 2.75) is 33.2 Å². The van der Waals surface area contributed by atoms with Gasteiger partial charge in [0.15, 0.2) is 0 Å². The first-order chi connectivity index (χ1) is 11.6. The molecule has 3 heterocycles. The van der Waals surface area contributed by atoms with Crippen molar-refractivity contribution in [2.24, 2.45) is 0 Å². The molecule has 0 saturated heterocycles. The Morgan fingerprint density at radius 2 is 1.88 bits per heavy atom. The van der Waals surface area contributed by atoms with E-state index in [1.54, 1.807) is 0 Å². The number of hydrogen-bond acceptors (Lipinski definition) is 6. The van der Waals surface area contributed by atoms with Crippen molar-refractivity contribution in [1.82, 2.24) is 24.7 Å². The van der Waals surface area contributed by atoms with Crippen LogP contribution in [0.3, 0.4) is 0 Å². The third-order valence-electron chi connectivity index (χ3n) is 4.02. The topological polar surface area (TPSA) is 72.9 Å². The predicted octanol–water partition coefficient (Wildman–Crippen LogP) is 2.64. The van der Waals surface area contributed by atoms with E-state index < -0.39 is 0 Å². The molecule has 0 atom stereocenters. The minimum absolute atomic E-state index is 0.690. The van der Waals surface area contributed by atoms with E-state index in [9.17, 15) is 0 Å². The first kappa shape index (κ1) is 16.2. The van der Waals surface area contributed by atoms with Crippen LogP contribution in [-0.2, 0) is 13.0 Å². The molecule has 0 bridgehead atoms. The Bertz CT molecular complexity index is 783. The van der Waals surface area contributed by atoms with Gasteiger partial charge in [-0.2, -0.15) is 0 Å². The van der Waals surface area contributed by atoms with E-state index >= 15 is 0 Å². The summed E-state index contributed by atoms with van der Waals surface area (Å²) in [4.78, 5) is 15.0. The van der Waals surface area contributed by atoms with Crippen LogP contribution in [0.4, 0.5) is 5.95 Å². The van der Waals surface area contributed by atoms with E-state index in [2.05, 4.69) is 24.7 Å². The Hall–Kier alpha value is -2.70. The van der Waals surface area contributed by atoms with E-state index in [0.717, 1.165) is 42.2 Å². The largest absolute Gasteiger partial charge is 0.361 e. The molecule has 0 aliphatic rings. The monoisotopic (exact) mass is 326 g/mol. The van der Waals surface area contributed by atoms with Crippen LogP contribution in [-0.4, -0.2) is 38.8 Å². The van der Waals surface area contributed by atoms with Crippen molar-refractivity contribution in [1.29, 1.82) is 0 Å². The number of aryl methyl sites for hydroxylation is 3. The maximum Gasteiger partial charge on any atom is 0.224 e. The van der Waals surface area contributed by atoms with Crippen molar-refractivity contribution in [2.75, 3.05) is 19.0 Å². The van der Waals surface area contributed by atoms with Gasteiger partial charge in [-0.1, -0.05) is 5.16 Å². The van der Waals surface area contributed by atoms with Crippen LogP contribution < -0.4 is 4.90 Å². The van der Waals surface area contributed by atoms with Gasteiger partial charge in [-0.15, -0.1) is 0 Å². The van der Waals surface area contributed by atoms with Crippen molar-refractivity contribution in [3.05, 3.63) is 41.8 Å². The quantitative estimate of drug-likeness (QED) is 0.693. The van der Waals surface area contributed by atoms with E-state index in [4.69, 9.17) is 4.52 Å². The van der Waals surface area contributed by atoms with Gasteiger partial charge < -0.3 is 14.0 Å². The summed E-state index contributed by atoms with van der Waals surface area (Å²) in [5.41, 5.74) is 3.10. The highest BCUT2D eigenvalue weighted by molar-refractivity contribution is 5.53. The van der Waals surface area contributed by atoms with Gasteiger partial charge in [-0.25, -0.2) is 15.0 Å². The lowest BCUT2D eigenvalue weighted by molar-refractivity contribution is 0.392. The fourth-order valence-electron chi connectivity index (χ4n) is 2.70. The molecule has 0 radical (unpaired) electrons. The molecule has 0 fully saturated rings. The number of anilines is 1. The molecule has 3 rings (SSSR count). The summed E-state index contributed by atoms with van der Waals surface area (Å²) in [7, 11) is 3.84. The molecular formula is C17H22N6O. The molecule has 0 unspecified atom stereocenters. The third-order valence-corrected chi connectivity index (χ3v) is 4.02. The number of nitrogens with zero attached hydrogens (tertiary/aromatic N) is 6. The van der Waals surface area contributed by atoms with Crippen molar-refractivity contribution < 1.29 is 4.52 Å². The van der Waals surface area contributed by atoms with E-state index in [1.165, 1.54) is 5.56 Å². The van der Waals surface area contributed by atoms with Crippen LogP contribution in [0.1, 0.15) is 23.4 Å². The molecular weight excluding hydrogens is 304 g/mol. The summed E-state index contributed by atoms with van der Waals surface area (Å²) >= 11 is 0. The van der Waals surface area contributed by atoms with Crippen LogP contribution in [0.25, 0.3) is 11.4 Å². The highest BCUT2D eigenvalue weighted by atomic mass is 16.5. The van der Waals surface area contributed by atoms with Gasteiger partial charge in [-0.3, -0.25) is 0 Å². The molecule has 7 nitrogen and oxygen atoms in total. The second kappa shape index (κ2) is 6.82. The summed E-state index contributed by atoms with van der Waals surface area (Å²) in [5, 5.41) is 4.00. The lowest BCUT2D eigenvalue weighted by Crippen LogP contribution is -2.12. The zero-order valence-electron chi connectivity index (χ0n) is 14.5. The van der Waals surface area contributed by atoms with Gasteiger partial charge in [0.2, 0.25) is 5.95 Å². The highest BCUT2D eigenvalue weighted by Crippen LogP contribution is 2.19. The van der Waals surface area contributed by atoms with Crippen LogP contribution in [0.15, 0.2) is 29.3 Å². The molecule has 7 heteroatoms. The summed E-state index contributed by atoms with van der Waals surface area (Å²) in [6.45, 7) is 4.81. The number of aromatic nitrogens is 5. The van der Waals surface area contributed by atoms with Crippen molar-refractivity contribution >= 4 is 5.95 Å². The third kappa shape index (κ3) is 3.29. The van der Waals surface area contributed by atoms with E-state index in [1.807, 2.05) is 57.6 Å². The van der Waals surface area contributed by atoms with Crippen molar-refractivity contribution in [3.63, 3.8) is 0 Å². The Kier molecular flexibility index (Phi) is 4.59. The van der Waals surface area contributed by atoms with Crippen LogP contribution >= 0.6 is 0 Å². The molecule has 24 heavy (non-hydrogen) atoms. The summed E-state index contributed by atoms with van der Waals surface area (Å²) < 4.78 is 7.35. The van der Waals surface area contributed by atoms with E-state index in [-0.39, 0.29) is 0 Å². The molecule has 0 aliphatic heterocycles. The maximum absolute atomic E-state index is 5.22. The maximum atomic E-state index is 5.22. The summed E-state index contributed by atoms with van der Waals surface area (Å²) in [6.07, 6.45) is 9.36. The lowest BCUT2D eigenvalue weighted by atomic mass is 10.1. The minimum atomic E-state index is 0.690. The summed E-state index contributed by atoms with van der Waals surface area (Å²) in [5.74, 6) is 2.49. The van der Waals surface area contributed by atoms with Gasteiger partial charge >= 0.3 is 0 Å². The molecule has 0 aliphatic carbocycles. The van der Waals surface area contributed by atoms with Crippen LogP contribution in [0.5, 0.6) is 0 Å². The van der Waals surface area contributed by atoms with Crippen molar-refractivity contribution in [3.8, 4) is 11.4 Å². The normalized spacial score (nSPS) is 11.0. The summed E-state index contributed by atoms with van der Waals surface area (Å²) in [6, 6.07) is 0. The van der Waals surface area contributed by atoms with Crippen LogP contribution in [0, 0.1) is 13.8 Å². The molecule has 0 amide bonds. The first-order valence-corrected chi connectivity index (χ1v) is 7.99. The Balaban J connectivity index is 1.69. The molecule has 126 valence electrons. The average Bonchev–Trinajstić information content (AvgIpc) is 3.16. The molecule has 0 aromatic carbocycles. The number of imidazole rings is 1. The van der Waals surface area contributed by atoms with Gasteiger partial charge in [0, 0.05) is 51.0 Å². The Morgan fingerprint density at radius 1 is 1.12 bits per heavy atom. The minimum Gasteiger partial charge on any atom is -0.361 e. The second-order valence-electron chi connectivity index (χ2n) is 6.02. The predicted molar refractivity (Wildman–Crippen MR) is 91.9 cm³/mol. The second-order valence-corrected chi connectivity index (χ2v) is 6.02. The van der Waals surface area contributed by atoms with Gasteiger partial charge in [0.25, 0.3) is 0 Å². The first-order valence-electron chi connectivity index (χ1n) is 7.99. The number of hydrogen-bond donors (Lipinski definition) is 0. The standard InChI is InChI=1S/C17H22N6O/c1-12-15(13(2)24-21-12)6-5-8-23-9-7-18-16(23)14-10-19-17(20-11-14)22(3)4/h7,9-11H,5-6,8H2,1-4H3.